The van der Waals surface area contributed by atoms with Crippen LogP contribution in [-0.2, 0) is 29.5 Å². The lowest BCUT2D eigenvalue weighted by Crippen LogP contribution is -2.87. The number of quaternary nitrogens is 1. The number of nitrogens with two attached hydrogens (primary N) is 1. The third kappa shape index (κ3) is 4.89. The number of halogens is 1. The zero-order chi connectivity index (χ0) is 29.9. The van der Waals surface area contributed by atoms with E-state index in [1.807, 2.05) is 24.3 Å². The monoisotopic (exact) mass is 596 g/mol. The summed E-state index contributed by atoms with van der Waals surface area (Å²) < 4.78 is 6.29. The molecule has 7 heteroatoms. The highest BCUT2D eigenvalue weighted by Crippen LogP contribution is 2.66. The van der Waals surface area contributed by atoms with Crippen molar-refractivity contribution in [3.63, 3.8) is 0 Å². The van der Waals surface area contributed by atoms with Crippen molar-refractivity contribution in [3.05, 3.63) is 34.9 Å². The minimum Gasteiger partial charge on any atom is -0.454 e. The molecule has 1 aromatic rings. The fraction of sp³-hybridized carbons (Fsp3) is 0.714. The summed E-state index contributed by atoms with van der Waals surface area (Å²) in [4.78, 5) is 53.4. The molecule has 0 bridgehead atoms. The number of ether oxygens (including phenoxy) is 1. The fourth-order valence-corrected chi connectivity index (χ4v) is 10.5. The van der Waals surface area contributed by atoms with Crippen molar-refractivity contribution in [2.24, 2.45) is 46.3 Å². The number of benzene rings is 1. The maximum absolute atomic E-state index is 14.1. The predicted octanol–water partition coefficient (Wildman–Crippen LogP) is 5.44. The van der Waals surface area contributed by atoms with Gasteiger partial charge in [0.2, 0.25) is 0 Å². The molecule has 5 aliphatic rings. The van der Waals surface area contributed by atoms with Crippen LogP contribution in [0.3, 0.4) is 0 Å². The van der Waals surface area contributed by atoms with E-state index < -0.39 is 11.0 Å². The average Bonchev–Trinajstić information content (AvgIpc) is 3.32. The molecule has 4 saturated carbocycles. The van der Waals surface area contributed by atoms with Gasteiger partial charge in [-0.05, 0) is 78.4 Å². The number of Topliss-reactive ketones (excluding diaryl/α,β-unsaturated/α-hetero) is 3. The second-order valence-corrected chi connectivity index (χ2v) is 15.2. The predicted molar refractivity (Wildman–Crippen MR) is 160 cm³/mol. The van der Waals surface area contributed by atoms with E-state index in [0.29, 0.717) is 49.3 Å². The first-order chi connectivity index (χ1) is 20.0. The highest BCUT2D eigenvalue weighted by molar-refractivity contribution is 6.30. The Hall–Kier alpha value is -2.05. The smallest absolute Gasteiger partial charge is 0.306 e. The molecular formula is C35H47ClNO5+. The largest absolute Gasteiger partial charge is 0.454 e. The van der Waals surface area contributed by atoms with Gasteiger partial charge in [0.05, 0.1) is 13.1 Å². The number of carbonyl (C=O) groups excluding carboxylic acids is 4. The first-order valence-corrected chi connectivity index (χ1v) is 16.7. The van der Waals surface area contributed by atoms with E-state index in [0.717, 1.165) is 50.8 Å². The van der Waals surface area contributed by atoms with Gasteiger partial charge in [-0.2, -0.15) is 0 Å². The summed E-state index contributed by atoms with van der Waals surface area (Å²) in [6, 6.07) is 7.68. The third-order valence-electron chi connectivity index (χ3n) is 12.9. The SMILES string of the molecule is C[C@H](CCC(=O)OC1(c2ccc(Cl)cc2)CC[NH2+]CC1)[C@H]1CC[C@H]2[C@@H]3C(=O)C[C@@H]4CC(=O)CC[C@]4(C)[C@H]3CC(=O)[C@]12C. The summed E-state index contributed by atoms with van der Waals surface area (Å²) in [5, 5.41) is 2.93. The van der Waals surface area contributed by atoms with Crippen LogP contribution in [0.25, 0.3) is 0 Å². The molecule has 2 N–H and O–H groups in total. The molecule has 1 heterocycles. The van der Waals surface area contributed by atoms with E-state index in [4.69, 9.17) is 16.3 Å². The fourth-order valence-electron chi connectivity index (χ4n) is 10.3. The molecule has 1 aliphatic heterocycles. The quantitative estimate of drug-likeness (QED) is 0.442. The molecule has 42 heavy (non-hydrogen) atoms. The second-order valence-electron chi connectivity index (χ2n) is 14.8. The second kappa shape index (κ2) is 11.1. The Kier molecular flexibility index (Phi) is 7.96. The van der Waals surface area contributed by atoms with Crippen molar-refractivity contribution < 1.29 is 29.2 Å². The Balaban J connectivity index is 1.14. The van der Waals surface area contributed by atoms with E-state index >= 15 is 0 Å². The van der Waals surface area contributed by atoms with Crippen LogP contribution in [0, 0.1) is 46.3 Å². The molecule has 0 amide bonds. The standard InChI is InChI=1S/C35H46ClNO5/c1-21(4-11-31(41)42-35(14-16-37-17-15-35)22-5-7-24(36)8-6-22)26-9-10-27-32-28(20-30(40)34(26,27)3)33(2)13-12-25(38)18-23(33)19-29(32)39/h5-8,21,23,26-28,32,37H,4,9-20H2,1-3H3/p+1/t21-,23+,26-,27+,28+,32+,33+,34-/m1/s1. The number of carbonyl (C=O) groups is 4. The lowest BCUT2D eigenvalue weighted by molar-refractivity contribution is -0.668. The van der Waals surface area contributed by atoms with E-state index in [-0.39, 0.29) is 58.5 Å². The van der Waals surface area contributed by atoms with Crippen molar-refractivity contribution in [1.29, 1.82) is 0 Å². The summed E-state index contributed by atoms with van der Waals surface area (Å²) in [5.74, 6) is 1.15. The lowest BCUT2D eigenvalue weighted by atomic mass is 9.44. The Labute approximate surface area is 255 Å². The summed E-state index contributed by atoms with van der Waals surface area (Å²) in [5.41, 5.74) is -0.242. The van der Waals surface area contributed by atoms with Gasteiger partial charge in [-0.25, -0.2) is 0 Å². The Morgan fingerprint density at radius 1 is 1.00 bits per heavy atom. The number of rotatable bonds is 6. The molecule has 8 atom stereocenters. The molecule has 6 rings (SSSR count). The molecule has 1 saturated heterocycles. The van der Waals surface area contributed by atoms with Crippen LogP contribution in [0.4, 0.5) is 0 Å². The van der Waals surface area contributed by atoms with Gasteiger partial charge in [-0.1, -0.05) is 44.5 Å². The highest BCUT2D eigenvalue weighted by Gasteiger charge is 2.66. The zero-order valence-electron chi connectivity index (χ0n) is 25.5. The normalized spacial score (nSPS) is 38.3. The van der Waals surface area contributed by atoms with Crippen molar-refractivity contribution in [2.45, 2.75) is 97.0 Å². The summed E-state index contributed by atoms with van der Waals surface area (Å²) in [6.07, 6.45) is 7.18. The number of fused-ring (bicyclic) bond motifs is 5. The van der Waals surface area contributed by atoms with Crippen molar-refractivity contribution >= 4 is 34.9 Å². The van der Waals surface area contributed by atoms with E-state index in [1.54, 1.807) is 0 Å². The zero-order valence-corrected chi connectivity index (χ0v) is 26.2. The summed E-state index contributed by atoms with van der Waals surface area (Å²) >= 11 is 6.14. The molecule has 0 spiro atoms. The maximum atomic E-state index is 14.1. The lowest BCUT2D eigenvalue weighted by Gasteiger charge is -2.58. The molecule has 4 aliphatic carbocycles. The van der Waals surface area contributed by atoms with Crippen LogP contribution in [0.15, 0.2) is 24.3 Å². The average molecular weight is 597 g/mol. The van der Waals surface area contributed by atoms with Crippen LogP contribution in [0.1, 0.15) is 97.0 Å². The van der Waals surface area contributed by atoms with E-state index in [9.17, 15) is 19.2 Å². The molecule has 0 unspecified atom stereocenters. The van der Waals surface area contributed by atoms with Gasteiger partial charge in [0, 0.05) is 61.3 Å². The number of hydrogen-bond donors (Lipinski definition) is 1. The summed E-state index contributed by atoms with van der Waals surface area (Å²) in [7, 11) is 0. The van der Waals surface area contributed by atoms with Crippen molar-refractivity contribution in [1.82, 2.24) is 0 Å². The van der Waals surface area contributed by atoms with Gasteiger partial charge in [0.25, 0.3) is 0 Å². The van der Waals surface area contributed by atoms with Crippen LogP contribution in [0.2, 0.25) is 5.02 Å². The molecule has 228 valence electrons. The molecule has 5 fully saturated rings. The minimum atomic E-state index is -0.614. The first kappa shape index (κ1) is 30.0. The number of esters is 1. The molecular weight excluding hydrogens is 550 g/mol. The first-order valence-electron chi connectivity index (χ1n) is 16.4. The third-order valence-corrected chi connectivity index (χ3v) is 13.1. The maximum Gasteiger partial charge on any atom is 0.306 e. The van der Waals surface area contributed by atoms with E-state index in [2.05, 4.69) is 26.1 Å². The van der Waals surface area contributed by atoms with Crippen LogP contribution >= 0.6 is 11.6 Å². The van der Waals surface area contributed by atoms with Gasteiger partial charge in [0.1, 0.15) is 23.0 Å². The number of hydrogen-bond acceptors (Lipinski definition) is 5. The topological polar surface area (TPSA) is 94.1 Å². The van der Waals surface area contributed by atoms with Crippen LogP contribution in [-0.4, -0.2) is 36.4 Å². The minimum absolute atomic E-state index is 0.0586. The van der Waals surface area contributed by atoms with E-state index in [1.165, 1.54) is 0 Å². The van der Waals surface area contributed by atoms with Gasteiger partial charge in [-0.15, -0.1) is 0 Å². The van der Waals surface area contributed by atoms with Gasteiger partial charge < -0.3 is 10.1 Å². The molecule has 0 radical (unpaired) electrons. The van der Waals surface area contributed by atoms with Crippen LogP contribution < -0.4 is 5.32 Å². The van der Waals surface area contributed by atoms with Crippen molar-refractivity contribution in [2.75, 3.05) is 13.1 Å². The summed E-state index contributed by atoms with van der Waals surface area (Å²) in [6.45, 7) is 8.39. The Morgan fingerprint density at radius 2 is 1.71 bits per heavy atom. The highest BCUT2D eigenvalue weighted by atomic mass is 35.5. The molecule has 1 aromatic carbocycles. The molecule has 0 aromatic heterocycles. The Morgan fingerprint density at radius 3 is 2.43 bits per heavy atom. The Bertz CT molecular complexity index is 1250. The van der Waals surface area contributed by atoms with Gasteiger partial charge in [-0.3, -0.25) is 19.2 Å². The number of piperidine rings is 1. The van der Waals surface area contributed by atoms with Crippen molar-refractivity contribution in [3.8, 4) is 0 Å². The van der Waals surface area contributed by atoms with Gasteiger partial charge >= 0.3 is 5.97 Å². The van der Waals surface area contributed by atoms with Gasteiger partial charge in [0.15, 0.2) is 0 Å². The molecule has 6 nitrogen and oxygen atoms in total. The van der Waals surface area contributed by atoms with Crippen LogP contribution in [0.5, 0.6) is 0 Å². The number of ketones is 3.